The largest absolute Gasteiger partial charge is 0.433 e. The first kappa shape index (κ1) is 19.2. The Morgan fingerprint density at radius 1 is 1.17 bits per heavy atom. The van der Waals surface area contributed by atoms with Crippen LogP contribution in [0.2, 0.25) is 0 Å². The highest BCUT2D eigenvalue weighted by Crippen LogP contribution is 2.47. The fraction of sp³-hybridized carbons (Fsp3) is 0.357. The first-order valence-electron chi connectivity index (χ1n) is 7.04. The molecule has 0 aliphatic rings. The molecule has 132 valence electrons. The van der Waals surface area contributed by atoms with Crippen molar-refractivity contribution in [3.8, 4) is 5.69 Å². The van der Waals surface area contributed by atoms with Crippen LogP contribution in [0.4, 0.5) is 13.2 Å². The molecule has 1 heterocycles. The number of hydrogen-bond donors (Lipinski definition) is 0. The van der Waals surface area contributed by atoms with Crippen LogP contribution < -0.4 is 5.44 Å². The van der Waals surface area contributed by atoms with Gasteiger partial charge in [0.15, 0.2) is 5.44 Å². The second kappa shape index (κ2) is 7.39. The van der Waals surface area contributed by atoms with E-state index < -0.39 is 19.5 Å². The lowest BCUT2D eigenvalue weighted by Crippen LogP contribution is -2.14. The molecule has 0 aliphatic carbocycles. The maximum Gasteiger partial charge on any atom is 0.433 e. The molecule has 0 saturated carbocycles. The van der Waals surface area contributed by atoms with Gasteiger partial charge >= 0.3 is 13.8 Å². The van der Waals surface area contributed by atoms with Crippen LogP contribution in [0.3, 0.4) is 0 Å². The summed E-state index contributed by atoms with van der Waals surface area (Å²) in [5, 5.41) is 3.85. The molecular formula is C14H15BrF3N2O3P. The molecule has 0 spiro atoms. The molecular weight excluding hydrogens is 412 g/mol. The molecule has 1 aromatic carbocycles. The van der Waals surface area contributed by atoms with Gasteiger partial charge in [-0.2, -0.15) is 18.3 Å². The van der Waals surface area contributed by atoms with Gasteiger partial charge in [0.25, 0.3) is 0 Å². The van der Waals surface area contributed by atoms with Crippen molar-refractivity contribution >= 4 is 29.0 Å². The smallest absolute Gasteiger partial charge is 0.304 e. The second-order valence-electron chi connectivity index (χ2n) is 4.61. The quantitative estimate of drug-likeness (QED) is 0.636. The van der Waals surface area contributed by atoms with E-state index in [4.69, 9.17) is 9.05 Å². The van der Waals surface area contributed by atoms with Crippen molar-refractivity contribution in [3.05, 3.63) is 40.5 Å². The van der Waals surface area contributed by atoms with Gasteiger partial charge in [0.05, 0.1) is 18.9 Å². The summed E-state index contributed by atoms with van der Waals surface area (Å²) in [5.74, 6) is 0. The lowest BCUT2D eigenvalue weighted by atomic mass is 10.3. The highest BCUT2D eigenvalue weighted by atomic mass is 79.9. The molecule has 24 heavy (non-hydrogen) atoms. The van der Waals surface area contributed by atoms with E-state index in [2.05, 4.69) is 21.0 Å². The standard InChI is InChI=1S/C14H15BrF3N2O3P/c1-3-22-24(21,23-4-2)13-9-12(14(16,17)18)20(19-13)11-7-5-10(15)6-8-11/h5-9H,3-4H2,1-2H3. The fourth-order valence-corrected chi connectivity index (χ4v) is 3.76. The Labute approximate surface area is 145 Å². The highest BCUT2D eigenvalue weighted by Gasteiger charge is 2.40. The molecule has 2 rings (SSSR count). The third-order valence-corrected chi connectivity index (χ3v) is 5.44. The van der Waals surface area contributed by atoms with Crippen molar-refractivity contribution in [2.24, 2.45) is 0 Å². The summed E-state index contributed by atoms with van der Waals surface area (Å²) in [7, 11) is -3.92. The van der Waals surface area contributed by atoms with Gasteiger partial charge in [-0.05, 0) is 38.1 Å². The lowest BCUT2D eigenvalue weighted by molar-refractivity contribution is -0.142. The van der Waals surface area contributed by atoms with E-state index in [0.29, 0.717) is 15.2 Å². The van der Waals surface area contributed by atoms with Crippen molar-refractivity contribution in [2.75, 3.05) is 13.2 Å². The molecule has 0 atom stereocenters. The zero-order valence-electron chi connectivity index (χ0n) is 12.9. The zero-order chi connectivity index (χ0) is 18.0. The van der Waals surface area contributed by atoms with Crippen molar-refractivity contribution < 1.29 is 26.8 Å². The first-order chi connectivity index (χ1) is 11.2. The monoisotopic (exact) mass is 426 g/mol. The topological polar surface area (TPSA) is 53.4 Å². The molecule has 0 bridgehead atoms. The van der Waals surface area contributed by atoms with Gasteiger partial charge in [0.1, 0.15) is 5.69 Å². The summed E-state index contributed by atoms with van der Waals surface area (Å²) < 4.78 is 64.3. The van der Waals surface area contributed by atoms with Crippen molar-refractivity contribution in [2.45, 2.75) is 20.0 Å². The van der Waals surface area contributed by atoms with Gasteiger partial charge in [-0.3, -0.25) is 4.57 Å². The van der Waals surface area contributed by atoms with E-state index in [9.17, 15) is 17.7 Å². The Morgan fingerprint density at radius 3 is 2.17 bits per heavy atom. The van der Waals surface area contributed by atoms with Crippen LogP contribution in [0, 0.1) is 0 Å². The molecule has 0 radical (unpaired) electrons. The highest BCUT2D eigenvalue weighted by molar-refractivity contribution is 9.10. The predicted molar refractivity (Wildman–Crippen MR) is 86.8 cm³/mol. The average molecular weight is 427 g/mol. The van der Waals surface area contributed by atoms with E-state index >= 15 is 0 Å². The number of hydrogen-bond acceptors (Lipinski definition) is 4. The minimum atomic E-state index is -4.68. The third kappa shape index (κ3) is 4.08. The normalized spacial score (nSPS) is 12.6. The third-order valence-electron chi connectivity index (χ3n) is 2.94. The van der Waals surface area contributed by atoms with Crippen molar-refractivity contribution in [1.82, 2.24) is 9.78 Å². The number of aromatic nitrogens is 2. The van der Waals surface area contributed by atoms with E-state index in [1.807, 2.05) is 0 Å². The van der Waals surface area contributed by atoms with E-state index in [1.54, 1.807) is 26.0 Å². The Kier molecular flexibility index (Phi) is 5.91. The maximum atomic E-state index is 13.3. The molecule has 0 N–H and O–H groups in total. The molecule has 0 unspecified atom stereocenters. The van der Waals surface area contributed by atoms with Crippen LogP contribution in [0.15, 0.2) is 34.8 Å². The lowest BCUT2D eigenvalue weighted by Gasteiger charge is -2.14. The molecule has 0 fully saturated rings. The molecule has 0 amide bonds. The Balaban J connectivity index is 2.61. The first-order valence-corrected chi connectivity index (χ1v) is 9.37. The zero-order valence-corrected chi connectivity index (χ0v) is 15.4. The van der Waals surface area contributed by atoms with Crippen LogP contribution in [0.5, 0.6) is 0 Å². The van der Waals surface area contributed by atoms with Gasteiger partial charge < -0.3 is 9.05 Å². The molecule has 0 saturated heterocycles. The van der Waals surface area contributed by atoms with Crippen LogP contribution in [0.1, 0.15) is 19.5 Å². The van der Waals surface area contributed by atoms with Gasteiger partial charge in [-0.1, -0.05) is 15.9 Å². The molecule has 0 aliphatic heterocycles. The summed E-state index contributed by atoms with van der Waals surface area (Å²) in [6.07, 6.45) is -4.68. The molecule has 10 heteroatoms. The van der Waals surface area contributed by atoms with Gasteiger partial charge in [-0.15, -0.1) is 0 Å². The average Bonchev–Trinajstić information content (AvgIpc) is 2.94. The van der Waals surface area contributed by atoms with Gasteiger partial charge in [-0.25, -0.2) is 4.68 Å². The molecule has 2 aromatic rings. The molecule has 1 aromatic heterocycles. The Hall–Kier alpha value is -1.15. The second-order valence-corrected chi connectivity index (χ2v) is 7.49. The maximum absolute atomic E-state index is 13.3. The Bertz CT molecular complexity index is 737. The number of benzene rings is 1. The summed E-state index contributed by atoms with van der Waals surface area (Å²) >= 11 is 3.22. The van der Waals surface area contributed by atoms with Crippen LogP contribution in [-0.4, -0.2) is 23.0 Å². The number of alkyl halides is 3. The molecule has 5 nitrogen and oxygen atoms in total. The van der Waals surface area contributed by atoms with E-state index in [0.717, 1.165) is 0 Å². The van der Waals surface area contributed by atoms with Crippen LogP contribution in [0.25, 0.3) is 5.69 Å². The Morgan fingerprint density at radius 2 is 1.71 bits per heavy atom. The number of halogens is 4. The summed E-state index contributed by atoms with van der Waals surface area (Å²) in [4.78, 5) is 0. The summed E-state index contributed by atoms with van der Waals surface area (Å²) in [5.41, 5.74) is -1.25. The van der Waals surface area contributed by atoms with Crippen LogP contribution >= 0.6 is 23.5 Å². The predicted octanol–water partition coefficient (Wildman–Crippen LogP) is 4.55. The van der Waals surface area contributed by atoms with E-state index in [-0.39, 0.29) is 24.3 Å². The minimum absolute atomic E-state index is 0.0176. The van der Waals surface area contributed by atoms with Gasteiger partial charge in [0.2, 0.25) is 0 Å². The van der Waals surface area contributed by atoms with Crippen molar-refractivity contribution in [3.63, 3.8) is 0 Å². The SMILES string of the molecule is CCOP(=O)(OCC)c1cc(C(F)(F)F)n(-c2ccc(Br)cc2)n1. The van der Waals surface area contributed by atoms with Crippen LogP contribution in [-0.2, 0) is 19.8 Å². The summed E-state index contributed by atoms with van der Waals surface area (Å²) in [6, 6.07) is 6.79. The summed E-state index contributed by atoms with van der Waals surface area (Å²) in [6.45, 7) is 3.18. The number of rotatable bonds is 6. The van der Waals surface area contributed by atoms with E-state index in [1.165, 1.54) is 12.1 Å². The fourth-order valence-electron chi connectivity index (χ4n) is 1.99. The van der Waals surface area contributed by atoms with Gasteiger partial charge in [0, 0.05) is 10.5 Å². The number of nitrogens with zero attached hydrogens (tertiary/aromatic N) is 2. The minimum Gasteiger partial charge on any atom is -0.304 e. The van der Waals surface area contributed by atoms with Crippen molar-refractivity contribution in [1.29, 1.82) is 0 Å².